The lowest BCUT2D eigenvalue weighted by atomic mass is 10.1. The van der Waals surface area contributed by atoms with Gasteiger partial charge < -0.3 is 26.4 Å². The highest BCUT2D eigenvalue weighted by Crippen LogP contribution is 2.18. The first-order valence-electron chi connectivity index (χ1n) is 9.44. The Morgan fingerprint density at radius 1 is 1.07 bits per heavy atom. The summed E-state index contributed by atoms with van der Waals surface area (Å²) in [6.07, 6.45) is 1.03. The molecule has 0 aliphatic carbocycles. The molecular weight excluding hydrogens is 452 g/mol. The Balaban J connectivity index is 1.85. The molecule has 8 nitrogen and oxygen atoms in total. The van der Waals surface area contributed by atoms with Crippen LogP contribution in [0.5, 0.6) is 0 Å². The Morgan fingerprint density at radius 3 is 2.53 bits per heavy atom. The minimum absolute atomic E-state index is 0.163. The summed E-state index contributed by atoms with van der Waals surface area (Å²) in [6.45, 7) is 0. The van der Waals surface area contributed by atoms with E-state index in [4.69, 9.17) is 5.73 Å². The van der Waals surface area contributed by atoms with Gasteiger partial charge in [0.1, 0.15) is 6.04 Å². The number of halogens is 1. The highest BCUT2D eigenvalue weighted by atomic mass is 79.9. The second-order valence-electron chi connectivity index (χ2n) is 6.57. The van der Waals surface area contributed by atoms with Crippen molar-refractivity contribution < 1.29 is 19.1 Å². The zero-order valence-corrected chi connectivity index (χ0v) is 18.2. The summed E-state index contributed by atoms with van der Waals surface area (Å²) in [5.74, 6) is -0.524. The molecule has 0 aromatic heterocycles. The van der Waals surface area contributed by atoms with E-state index in [0.717, 1.165) is 4.47 Å². The van der Waals surface area contributed by atoms with Crippen molar-refractivity contribution in [3.8, 4) is 0 Å². The summed E-state index contributed by atoms with van der Waals surface area (Å²) in [4.78, 5) is 36.3. The fourth-order valence-electron chi connectivity index (χ4n) is 2.72. The third kappa shape index (κ3) is 7.75. The van der Waals surface area contributed by atoms with Crippen LogP contribution in [-0.2, 0) is 14.3 Å². The standard InChI is InChI=1S/C21H25BrN4O4/c1-30-21(29)26-18(20(28)24-15-8-6-7-14(22)13-15)11-4-5-12-19(27)25-17-10-3-2-9-16(17)23/h2-3,6-10,13,18H,4-5,11-12,23H2,1H3,(H,24,28)(H,25,27)(H,26,29)/t18-/m0/s1. The van der Waals surface area contributed by atoms with Crippen LogP contribution in [0.15, 0.2) is 53.0 Å². The van der Waals surface area contributed by atoms with E-state index in [1.807, 2.05) is 6.07 Å². The summed E-state index contributed by atoms with van der Waals surface area (Å²) < 4.78 is 5.43. The number of carbonyl (C=O) groups is 3. The van der Waals surface area contributed by atoms with Gasteiger partial charge >= 0.3 is 6.09 Å². The molecule has 2 aromatic rings. The molecule has 2 rings (SSSR count). The zero-order chi connectivity index (χ0) is 21.9. The van der Waals surface area contributed by atoms with Crippen molar-refractivity contribution in [2.45, 2.75) is 31.7 Å². The molecule has 5 N–H and O–H groups in total. The Labute approximate surface area is 183 Å². The van der Waals surface area contributed by atoms with Crippen LogP contribution in [-0.4, -0.2) is 31.1 Å². The van der Waals surface area contributed by atoms with Gasteiger partial charge in [0, 0.05) is 16.6 Å². The van der Waals surface area contributed by atoms with Gasteiger partial charge in [-0.25, -0.2) is 4.79 Å². The van der Waals surface area contributed by atoms with Crippen LogP contribution < -0.4 is 21.7 Å². The maximum absolute atomic E-state index is 12.6. The first kappa shape index (κ1) is 23.2. The highest BCUT2D eigenvalue weighted by molar-refractivity contribution is 9.10. The summed E-state index contributed by atoms with van der Waals surface area (Å²) in [6, 6.07) is 13.4. The second-order valence-corrected chi connectivity index (χ2v) is 7.48. The molecule has 0 fully saturated rings. The van der Waals surface area contributed by atoms with Crippen molar-refractivity contribution in [2.24, 2.45) is 0 Å². The summed E-state index contributed by atoms with van der Waals surface area (Å²) in [5, 5.41) is 8.07. The molecule has 30 heavy (non-hydrogen) atoms. The van der Waals surface area contributed by atoms with Crippen LogP contribution in [0, 0.1) is 0 Å². The number of nitrogens with one attached hydrogen (secondary N) is 3. The molecule has 0 aliphatic heterocycles. The monoisotopic (exact) mass is 476 g/mol. The Bertz CT molecular complexity index is 891. The van der Waals surface area contributed by atoms with Gasteiger partial charge in [-0.2, -0.15) is 0 Å². The highest BCUT2D eigenvalue weighted by Gasteiger charge is 2.21. The van der Waals surface area contributed by atoms with E-state index in [-0.39, 0.29) is 18.2 Å². The van der Waals surface area contributed by atoms with E-state index >= 15 is 0 Å². The van der Waals surface area contributed by atoms with Gasteiger partial charge in [-0.1, -0.05) is 40.5 Å². The number of amides is 3. The maximum Gasteiger partial charge on any atom is 0.407 e. The van der Waals surface area contributed by atoms with Crippen LogP contribution in [0.4, 0.5) is 21.9 Å². The van der Waals surface area contributed by atoms with Crippen molar-refractivity contribution in [1.29, 1.82) is 0 Å². The lowest BCUT2D eigenvalue weighted by Crippen LogP contribution is -2.43. The zero-order valence-electron chi connectivity index (χ0n) is 16.6. The van der Waals surface area contributed by atoms with Crippen LogP contribution in [0.25, 0.3) is 0 Å². The molecule has 0 spiro atoms. The second kappa shape index (κ2) is 11.8. The number of ether oxygens (including phenoxy) is 1. The van der Waals surface area contributed by atoms with Gasteiger partial charge in [-0.3, -0.25) is 9.59 Å². The number of nitrogen functional groups attached to an aromatic ring is 1. The molecule has 2 aromatic carbocycles. The average Bonchev–Trinajstić information content (AvgIpc) is 2.71. The maximum atomic E-state index is 12.6. The Morgan fingerprint density at radius 2 is 1.83 bits per heavy atom. The minimum Gasteiger partial charge on any atom is -0.453 e. The molecule has 0 radical (unpaired) electrons. The normalized spacial score (nSPS) is 11.3. The smallest absolute Gasteiger partial charge is 0.407 e. The Kier molecular flexibility index (Phi) is 9.14. The van der Waals surface area contributed by atoms with E-state index in [0.29, 0.717) is 36.3 Å². The Hall–Kier alpha value is -3.07. The van der Waals surface area contributed by atoms with E-state index in [9.17, 15) is 14.4 Å². The topological polar surface area (TPSA) is 123 Å². The predicted octanol–water partition coefficient (Wildman–Crippen LogP) is 3.89. The quantitative estimate of drug-likeness (QED) is 0.322. The number of para-hydroxylation sites is 2. The van der Waals surface area contributed by atoms with Crippen molar-refractivity contribution in [1.82, 2.24) is 5.32 Å². The molecule has 1 atom stereocenters. The number of alkyl carbamates (subject to hydrolysis) is 1. The SMILES string of the molecule is COC(=O)N[C@@H](CCCCC(=O)Nc1ccccc1N)C(=O)Nc1cccc(Br)c1. The van der Waals surface area contributed by atoms with Gasteiger partial charge in [0.05, 0.1) is 18.5 Å². The van der Waals surface area contributed by atoms with Crippen molar-refractivity contribution >= 4 is 50.9 Å². The number of methoxy groups -OCH3 is 1. The molecule has 0 unspecified atom stereocenters. The fraction of sp³-hybridized carbons (Fsp3) is 0.286. The number of unbranched alkanes of at least 4 members (excludes halogenated alkanes) is 1. The van der Waals surface area contributed by atoms with Crippen LogP contribution in [0.3, 0.4) is 0 Å². The van der Waals surface area contributed by atoms with Gasteiger partial charge in [0.15, 0.2) is 0 Å². The van der Waals surface area contributed by atoms with Crippen LogP contribution in [0.2, 0.25) is 0 Å². The minimum atomic E-state index is -0.788. The van der Waals surface area contributed by atoms with E-state index < -0.39 is 12.1 Å². The number of hydrogen-bond acceptors (Lipinski definition) is 5. The molecule has 0 aliphatic rings. The van der Waals surface area contributed by atoms with E-state index in [1.165, 1.54) is 7.11 Å². The van der Waals surface area contributed by atoms with Gasteiger partial charge in [-0.15, -0.1) is 0 Å². The molecule has 3 amide bonds. The third-order valence-corrected chi connectivity index (χ3v) is 4.76. The number of benzene rings is 2. The third-order valence-electron chi connectivity index (χ3n) is 4.27. The van der Waals surface area contributed by atoms with Gasteiger partial charge in [0.2, 0.25) is 11.8 Å². The van der Waals surface area contributed by atoms with Crippen molar-refractivity contribution in [3.05, 3.63) is 53.0 Å². The molecule has 0 bridgehead atoms. The molecule has 160 valence electrons. The molecule has 0 saturated heterocycles. The lowest BCUT2D eigenvalue weighted by Gasteiger charge is -2.18. The van der Waals surface area contributed by atoms with Crippen molar-refractivity contribution in [3.63, 3.8) is 0 Å². The van der Waals surface area contributed by atoms with Crippen LogP contribution >= 0.6 is 15.9 Å². The van der Waals surface area contributed by atoms with E-state index in [2.05, 4.69) is 36.6 Å². The summed E-state index contributed by atoms with van der Waals surface area (Å²) >= 11 is 3.35. The van der Waals surface area contributed by atoms with Crippen molar-refractivity contribution in [2.75, 3.05) is 23.5 Å². The van der Waals surface area contributed by atoms with Gasteiger partial charge in [-0.05, 0) is 43.2 Å². The molecular formula is C21H25BrN4O4. The largest absolute Gasteiger partial charge is 0.453 e. The number of nitrogens with two attached hydrogens (primary N) is 1. The lowest BCUT2D eigenvalue weighted by molar-refractivity contribution is -0.118. The number of rotatable bonds is 9. The summed E-state index contributed by atoms with van der Waals surface area (Å²) in [5.41, 5.74) is 7.49. The van der Waals surface area contributed by atoms with E-state index in [1.54, 1.807) is 42.5 Å². The van der Waals surface area contributed by atoms with Crippen LogP contribution in [0.1, 0.15) is 25.7 Å². The van der Waals surface area contributed by atoms with Gasteiger partial charge in [0.25, 0.3) is 0 Å². The fourth-order valence-corrected chi connectivity index (χ4v) is 3.12. The summed E-state index contributed by atoms with van der Waals surface area (Å²) in [7, 11) is 1.23. The predicted molar refractivity (Wildman–Crippen MR) is 120 cm³/mol. The number of hydrogen-bond donors (Lipinski definition) is 4. The molecule has 0 saturated carbocycles. The average molecular weight is 477 g/mol. The molecule has 9 heteroatoms. The number of anilines is 3. The number of carbonyl (C=O) groups excluding carboxylic acids is 3. The first-order chi connectivity index (χ1) is 14.4. The molecule has 0 heterocycles. The first-order valence-corrected chi connectivity index (χ1v) is 10.2.